The summed E-state index contributed by atoms with van der Waals surface area (Å²) in [5.74, 6) is -0.570. The number of halogens is 1. The van der Waals surface area contributed by atoms with Gasteiger partial charge in [-0.25, -0.2) is 12.8 Å². The van der Waals surface area contributed by atoms with Gasteiger partial charge in [0.05, 0.1) is 10.9 Å². The van der Waals surface area contributed by atoms with E-state index in [1.165, 1.54) is 16.4 Å². The van der Waals surface area contributed by atoms with Crippen LogP contribution in [-0.4, -0.2) is 17.3 Å². The van der Waals surface area contributed by atoms with Gasteiger partial charge in [0.15, 0.2) is 0 Å². The highest BCUT2D eigenvalue weighted by Gasteiger charge is 2.38. The molecule has 0 spiro atoms. The monoisotopic (exact) mass is 446 g/mol. The van der Waals surface area contributed by atoms with Crippen LogP contribution in [0.4, 0.5) is 4.39 Å². The number of benzene rings is 3. The molecule has 0 N–H and O–H groups in total. The Morgan fingerprint density at radius 1 is 0.906 bits per heavy atom. The maximum atomic E-state index is 14.1. The molecule has 1 aliphatic rings. The Kier molecular flexibility index (Phi) is 4.99. The number of nitrogens with zero attached hydrogens (tertiary/aromatic N) is 2. The maximum absolute atomic E-state index is 14.1. The first-order chi connectivity index (χ1) is 15.4. The first-order valence-corrected chi connectivity index (χ1v) is 11.9. The minimum absolute atomic E-state index is 0.00732. The van der Waals surface area contributed by atoms with Crippen molar-refractivity contribution in [1.82, 2.24) is 8.87 Å². The van der Waals surface area contributed by atoms with Crippen LogP contribution in [0.3, 0.4) is 0 Å². The van der Waals surface area contributed by atoms with E-state index in [9.17, 15) is 12.8 Å². The molecular formula is C26H23FN2O2S. The predicted molar refractivity (Wildman–Crippen MR) is 123 cm³/mol. The van der Waals surface area contributed by atoms with Crippen molar-refractivity contribution in [3.05, 3.63) is 119 Å². The summed E-state index contributed by atoms with van der Waals surface area (Å²) in [4.78, 5) is -0.00732. The van der Waals surface area contributed by atoms with Gasteiger partial charge in [-0.15, -0.1) is 0 Å². The summed E-state index contributed by atoms with van der Waals surface area (Å²) in [6.45, 7) is 3.87. The van der Waals surface area contributed by atoms with E-state index in [1.807, 2.05) is 78.4 Å². The van der Waals surface area contributed by atoms with Crippen molar-refractivity contribution >= 4 is 10.0 Å². The molecule has 5 rings (SSSR count). The van der Waals surface area contributed by atoms with E-state index in [0.29, 0.717) is 5.56 Å². The summed E-state index contributed by atoms with van der Waals surface area (Å²) in [7, 11) is -4.03. The van der Waals surface area contributed by atoms with Gasteiger partial charge >= 0.3 is 0 Å². The molecule has 1 atom stereocenters. The third-order valence-electron chi connectivity index (χ3n) is 6.06. The first-order valence-electron chi connectivity index (χ1n) is 10.5. The van der Waals surface area contributed by atoms with Crippen LogP contribution in [0.5, 0.6) is 0 Å². The first kappa shape index (κ1) is 20.7. The number of aromatic nitrogens is 1. The van der Waals surface area contributed by atoms with E-state index >= 15 is 0 Å². The quantitative estimate of drug-likeness (QED) is 0.415. The highest BCUT2D eigenvalue weighted by atomic mass is 32.2. The van der Waals surface area contributed by atoms with Crippen LogP contribution in [0.15, 0.2) is 90.0 Å². The van der Waals surface area contributed by atoms with Gasteiger partial charge in [0.1, 0.15) is 5.82 Å². The molecule has 0 saturated carbocycles. The zero-order chi connectivity index (χ0) is 22.5. The van der Waals surface area contributed by atoms with Crippen LogP contribution in [0.25, 0.3) is 5.69 Å². The van der Waals surface area contributed by atoms with Gasteiger partial charge in [0.2, 0.25) is 10.0 Å². The van der Waals surface area contributed by atoms with Gasteiger partial charge in [0, 0.05) is 24.1 Å². The predicted octanol–water partition coefficient (Wildman–Crippen LogP) is 5.53. The number of para-hydroxylation sites is 1. The Balaban J connectivity index is 1.79. The number of hydrogen-bond donors (Lipinski definition) is 0. The smallest absolute Gasteiger partial charge is 0.244 e. The van der Waals surface area contributed by atoms with Crippen molar-refractivity contribution < 1.29 is 12.8 Å². The fraction of sp³-hybridized carbons (Fsp3) is 0.154. The zero-order valence-corrected chi connectivity index (χ0v) is 18.7. The minimum atomic E-state index is -4.03. The van der Waals surface area contributed by atoms with Gasteiger partial charge in [-0.05, 0) is 60.9 Å². The summed E-state index contributed by atoms with van der Waals surface area (Å²) in [6.07, 6.45) is 1.96. The van der Waals surface area contributed by atoms with E-state index in [0.717, 1.165) is 34.1 Å². The molecule has 2 heterocycles. The molecule has 4 nitrogen and oxygen atoms in total. The van der Waals surface area contributed by atoms with E-state index in [2.05, 4.69) is 0 Å². The molecule has 0 aliphatic carbocycles. The number of sulfonamides is 1. The van der Waals surface area contributed by atoms with Gasteiger partial charge in [-0.3, -0.25) is 0 Å². The van der Waals surface area contributed by atoms with Gasteiger partial charge in [-0.2, -0.15) is 4.31 Å². The van der Waals surface area contributed by atoms with Crippen LogP contribution in [0, 0.1) is 19.7 Å². The normalized spacial score (nSPS) is 16.3. The number of hydrogen-bond acceptors (Lipinski definition) is 2. The molecule has 0 bridgehead atoms. The number of aryl methyl sites for hydroxylation is 2. The van der Waals surface area contributed by atoms with E-state index in [4.69, 9.17) is 0 Å². The maximum Gasteiger partial charge on any atom is 0.244 e. The van der Waals surface area contributed by atoms with Crippen molar-refractivity contribution in [1.29, 1.82) is 0 Å². The number of fused-ring (bicyclic) bond motifs is 3. The molecule has 162 valence electrons. The third-order valence-corrected chi connectivity index (χ3v) is 8.01. The van der Waals surface area contributed by atoms with E-state index < -0.39 is 21.9 Å². The van der Waals surface area contributed by atoms with Crippen LogP contribution >= 0.6 is 0 Å². The second kappa shape index (κ2) is 7.73. The molecule has 1 aliphatic heterocycles. The molecule has 6 heteroatoms. The van der Waals surface area contributed by atoms with Crippen LogP contribution in [0.1, 0.15) is 34.0 Å². The topological polar surface area (TPSA) is 42.3 Å². The number of rotatable bonds is 3. The second-order valence-corrected chi connectivity index (χ2v) is 10.1. The highest BCUT2D eigenvalue weighted by Crippen LogP contribution is 2.40. The van der Waals surface area contributed by atoms with Crippen LogP contribution in [0.2, 0.25) is 0 Å². The largest absolute Gasteiger partial charge is 0.319 e. The Morgan fingerprint density at radius 3 is 2.44 bits per heavy atom. The second-order valence-electron chi connectivity index (χ2n) is 8.21. The molecule has 0 fully saturated rings. The van der Waals surface area contributed by atoms with E-state index in [1.54, 1.807) is 6.92 Å². The van der Waals surface area contributed by atoms with Crippen LogP contribution < -0.4 is 0 Å². The SMILES string of the molecule is Cc1ccc([C@@H]2c3cccn3-c3ccccc3CN2S(=O)(=O)c2cc(F)ccc2C)cc1. The molecule has 0 saturated heterocycles. The summed E-state index contributed by atoms with van der Waals surface area (Å²) >= 11 is 0. The molecule has 3 aromatic carbocycles. The zero-order valence-electron chi connectivity index (χ0n) is 17.9. The molecule has 32 heavy (non-hydrogen) atoms. The molecular weight excluding hydrogens is 423 g/mol. The lowest BCUT2D eigenvalue weighted by atomic mass is 10.0. The van der Waals surface area contributed by atoms with E-state index in [-0.39, 0.29) is 11.4 Å². The molecule has 1 aromatic heterocycles. The van der Waals surface area contributed by atoms with Crippen molar-refractivity contribution in [2.45, 2.75) is 31.3 Å². The van der Waals surface area contributed by atoms with Crippen molar-refractivity contribution in [3.8, 4) is 5.69 Å². The highest BCUT2D eigenvalue weighted by molar-refractivity contribution is 7.89. The van der Waals surface area contributed by atoms with Gasteiger partial charge < -0.3 is 4.57 Å². The lowest BCUT2D eigenvalue weighted by Crippen LogP contribution is -2.35. The Morgan fingerprint density at radius 2 is 1.66 bits per heavy atom. The fourth-order valence-electron chi connectivity index (χ4n) is 4.41. The lowest BCUT2D eigenvalue weighted by molar-refractivity contribution is 0.353. The standard InChI is InChI=1S/C26H23FN2O2S/c1-18-9-12-20(13-10-18)26-24-8-5-15-28(24)23-7-4-3-6-21(23)17-29(26)32(30,31)25-16-22(27)14-11-19(25)2/h3-16,26H,17H2,1-2H3/t26-/m1/s1. The van der Waals surface area contributed by atoms with Crippen molar-refractivity contribution in [3.63, 3.8) is 0 Å². The van der Waals surface area contributed by atoms with Crippen LogP contribution in [-0.2, 0) is 16.6 Å². The molecule has 4 aromatic rings. The van der Waals surface area contributed by atoms with Gasteiger partial charge in [0.25, 0.3) is 0 Å². The fourth-order valence-corrected chi connectivity index (χ4v) is 6.22. The lowest BCUT2D eigenvalue weighted by Gasteiger charge is -2.30. The van der Waals surface area contributed by atoms with Crippen molar-refractivity contribution in [2.24, 2.45) is 0 Å². The molecule has 0 unspecified atom stereocenters. The Labute approximate surface area is 187 Å². The molecule has 0 amide bonds. The Bertz CT molecular complexity index is 1410. The average molecular weight is 447 g/mol. The average Bonchev–Trinajstić information content (AvgIpc) is 3.20. The summed E-state index contributed by atoms with van der Waals surface area (Å²) in [5.41, 5.74) is 5.14. The Hall–Kier alpha value is -3.22. The minimum Gasteiger partial charge on any atom is -0.319 e. The molecule has 0 radical (unpaired) electrons. The van der Waals surface area contributed by atoms with Gasteiger partial charge in [-0.1, -0.05) is 54.1 Å². The summed E-state index contributed by atoms with van der Waals surface area (Å²) in [5, 5.41) is 0. The van der Waals surface area contributed by atoms with Crippen molar-refractivity contribution in [2.75, 3.05) is 0 Å². The third kappa shape index (κ3) is 3.36. The summed E-state index contributed by atoms with van der Waals surface area (Å²) < 4.78 is 45.8. The summed E-state index contributed by atoms with van der Waals surface area (Å²) in [6, 6.07) is 22.9.